The van der Waals surface area contributed by atoms with E-state index in [4.69, 9.17) is 11.0 Å². The van der Waals surface area contributed by atoms with Crippen LogP contribution in [0.5, 0.6) is 0 Å². The number of carbonyl (C=O) groups is 2. The summed E-state index contributed by atoms with van der Waals surface area (Å²) in [5, 5.41) is 9.14. The first-order valence-electron chi connectivity index (χ1n) is 11.0. The first-order chi connectivity index (χ1) is 15.5. The van der Waals surface area contributed by atoms with Crippen LogP contribution in [-0.2, 0) is 11.2 Å². The summed E-state index contributed by atoms with van der Waals surface area (Å²) in [6.45, 7) is 4.22. The summed E-state index contributed by atoms with van der Waals surface area (Å²) in [6, 6.07) is 11.4. The van der Waals surface area contributed by atoms with E-state index in [2.05, 4.69) is 16.0 Å². The molecule has 0 bridgehead atoms. The molecule has 7 nitrogen and oxygen atoms in total. The van der Waals surface area contributed by atoms with Gasteiger partial charge in [-0.1, -0.05) is 6.42 Å². The van der Waals surface area contributed by atoms with Crippen molar-refractivity contribution >= 4 is 22.7 Å². The molecule has 3 aromatic rings. The molecule has 164 valence electrons. The Balaban J connectivity index is 1.80. The third-order valence-electron chi connectivity index (χ3n) is 6.11. The summed E-state index contributed by atoms with van der Waals surface area (Å²) >= 11 is 0. The molecule has 32 heavy (non-hydrogen) atoms. The molecule has 0 atom stereocenters. The van der Waals surface area contributed by atoms with Crippen molar-refractivity contribution in [1.29, 1.82) is 5.26 Å². The number of hydrogen-bond acceptors (Lipinski definition) is 5. The molecule has 1 amide bonds. The molecule has 2 N–H and O–H groups in total. The van der Waals surface area contributed by atoms with Crippen LogP contribution in [0.2, 0.25) is 0 Å². The lowest BCUT2D eigenvalue weighted by atomic mass is 10.1. The smallest absolute Gasteiger partial charge is 0.217 e. The molecule has 1 aliphatic heterocycles. The molecule has 0 aliphatic carbocycles. The van der Waals surface area contributed by atoms with Gasteiger partial charge in [-0.05, 0) is 75.2 Å². The fraction of sp³-hybridized carbons (Fsp3) is 0.360. The topological polar surface area (TPSA) is 105 Å². The summed E-state index contributed by atoms with van der Waals surface area (Å²) in [7, 11) is 0. The highest BCUT2D eigenvalue weighted by Gasteiger charge is 2.24. The number of rotatable bonds is 7. The Hall–Kier alpha value is -3.50. The van der Waals surface area contributed by atoms with Crippen molar-refractivity contribution in [3.63, 3.8) is 0 Å². The van der Waals surface area contributed by atoms with Gasteiger partial charge in [0.2, 0.25) is 5.91 Å². The average Bonchev–Trinajstić information content (AvgIpc) is 3.09. The number of hydrogen-bond donors (Lipinski definition) is 1. The van der Waals surface area contributed by atoms with Crippen molar-refractivity contribution in [1.82, 2.24) is 14.5 Å². The number of ketones is 1. The molecule has 1 aromatic carbocycles. The van der Waals surface area contributed by atoms with Gasteiger partial charge < -0.3 is 10.3 Å². The van der Waals surface area contributed by atoms with Crippen LogP contribution < -0.4 is 5.73 Å². The Morgan fingerprint density at radius 3 is 2.53 bits per heavy atom. The summed E-state index contributed by atoms with van der Waals surface area (Å²) in [5.74, 6) is -0.291. The number of aryl methyl sites for hydroxylation is 1. The van der Waals surface area contributed by atoms with E-state index in [1.807, 2.05) is 29.7 Å². The minimum Gasteiger partial charge on any atom is -0.370 e. The lowest BCUT2D eigenvalue weighted by Crippen LogP contribution is -2.34. The number of nitrogens with zero attached hydrogens (tertiary/aromatic N) is 4. The van der Waals surface area contributed by atoms with Gasteiger partial charge >= 0.3 is 0 Å². The molecule has 0 saturated carbocycles. The number of primary amides is 1. The van der Waals surface area contributed by atoms with E-state index in [-0.39, 0.29) is 18.1 Å². The Morgan fingerprint density at radius 2 is 1.88 bits per heavy atom. The number of fused-ring (bicyclic) bond motifs is 1. The standard InChI is InChI=1S/C25H27N5O2/c1-17-24(22(31)16-29-11-3-2-4-12-29)25-21(13-19(15-28-25)7-10-23(27)32)30(17)20-8-5-18(14-26)6-9-20/h5-6,8-9,13,15H,2-4,7,10-12,16H2,1H3,(H2,27,32). The van der Waals surface area contributed by atoms with Gasteiger partial charge in [0.1, 0.15) is 0 Å². The normalized spacial score (nSPS) is 14.4. The second-order valence-corrected chi connectivity index (χ2v) is 8.39. The van der Waals surface area contributed by atoms with E-state index in [0.29, 0.717) is 29.6 Å². The van der Waals surface area contributed by atoms with Crippen LogP contribution in [0, 0.1) is 18.3 Å². The zero-order valence-electron chi connectivity index (χ0n) is 18.3. The second-order valence-electron chi connectivity index (χ2n) is 8.39. The molecule has 7 heteroatoms. The number of aromatic nitrogens is 2. The lowest BCUT2D eigenvalue weighted by Gasteiger charge is -2.25. The molecule has 2 aromatic heterocycles. The molecule has 4 rings (SSSR count). The lowest BCUT2D eigenvalue weighted by molar-refractivity contribution is -0.117. The number of Topliss-reactive ketones (excluding diaryl/α,β-unsaturated/α-hetero) is 1. The number of piperidine rings is 1. The van der Waals surface area contributed by atoms with Crippen molar-refractivity contribution < 1.29 is 9.59 Å². The van der Waals surface area contributed by atoms with Gasteiger partial charge in [-0.15, -0.1) is 0 Å². The Morgan fingerprint density at radius 1 is 1.16 bits per heavy atom. The van der Waals surface area contributed by atoms with E-state index in [9.17, 15) is 9.59 Å². The monoisotopic (exact) mass is 429 g/mol. The van der Waals surface area contributed by atoms with Crippen LogP contribution in [0.1, 0.15) is 52.9 Å². The van der Waals surface area contributed by atoms with Crippen molar-refractivity contribution in [2.75, 3.05) is 19.6 Å². The number of benzene rings is 1. The minimum absolute atomic E-state index is 0.0687. The number of carbonyl (C=O) groups excluding carboxylic acids is 2. The van der Waals surface area contributed by atoms with Gasteiger partial charge in [-0.2, -0.15) is 5.26 Å². The van der Waals surface area contributed by atoms with E-state index < -0.39 is 0 Å². The quantitative estimate of drug-likeness (QED) is 0.580. The molecular weight excluding hydrogens is 402 g/mol. The van der Waals surface area contributed by atoms with Gasteiger partial charge in [0, 0.05) is 24.0 Å². The maximum atomic E-state index is 13.4. The van der Waals surface area contributed by atoms with Crippen molar-refractivity contribution in [2.24, 2.45) is 5.73 Å². The van der Waals surface area contributed by atoms with Gasteiger partial charge in [-0.3, -0.25) is 19.5 Å². The van der Waals surface area contributed by atoms with Crippen LogP contribution in [0.4, 0.5) is 0 Å². The summed E-state index contributed by atoms with van der Waals surface area (Å²) in [5.41, 5.74) is 10.6. The van der Waals surface area contributed by atoms with Crippen LogP contribution in [0.3, 0.4) is 0 Å². The largest absolute Gasteiger partial charge is 0.370 e. The molecule has 0 radical (unpaired) electrons. The van der Waals surface area contributed by atoms with Crippen molar-refractivity contribution in [3.05, 3.63) is 58.9 Å². The van der Waals surface area contributed by atoms with Crippen molar-refractivity contribution in [2.45, 2.75) is 39.0 Å². The minimum atomic E-state index is -0.360. The van der Waals surface area contributed by atoms with E-state index in [1.165, 1.54) is 6.42 Å². The summed E-state index contributed by atoms with van der Waals surface area (Å²) in [6.07, 6.45) is 5.93. The van der Waals surface area contributed by atoms with Crippen LogP contribution in [0.15, 0.2) is 36.5 Å². The van der Waals surface area contributed by atoms with Crippen LogP contribution >= 0.6 is 0 Å². The number of pyridine rings is 1. The molecule has 1 aliphatic rings. The zero-order chi connectivity index (χ0) is 22.7. The van der Waals surface area contributed by atoms with E-state index in [1.54, 1.807) is 18.3 Å². The summed E-state index contributed by atoms with van der Waals surface area (Å²) in [4.78, 5) is 31.5. The molecule has 1 saturated heterocycles. The fourth-order valence-electron chi connectivity index (χ4n) is 4.48. The first-order valence-corrected chi connectivity index (χ1v) is 11.0. The predicted molar refractivity (Wildman–Crippen MR) is 123 cm³/mol. The zero-order valence-corrected chi connectivity index (χ0v) is 18.3. The summed E-state index contributed by atoms with van der Waals surface area (Å²) < 4.78 is 2.01. The molecule has 0 spiro atoms. The van der Waals surface area contributed by atoms with E-state index in [0.717, 1.165) is 48.4 Å². The van der Waals surface area contributed by atoms with E-state index >= 15 is 0 Å². The van der Waals surface area contributed by atoms with Gasteiger partial charge in [0.25, 0.3) is 0 Å². The van der Waals surface area contributed by atoms with Gasteiger partial charge in [-0.25, -0.2) is 0 Å². The fourth-order valence-corrected chi connectivity index (χ4v) is 4.48. The molecule has 1 fully saturated rings. The van der Waals surface area contributed by atoms with Gasteiger partial charge in [0.05, 0.1) is 34.8 Å². The number of amides is 1. The van der Waals surface area contributed by atoms with Crippen molar-refractivity contribution in [3.8, 4) is 11.8 Å². The van der Waals surface area contributed by atoms with Crippen LogP contribution in [-0.4, -0.2) is 45.8 Å². The number of nitrogens with two attached hydrogens (primary N) is 1. The highest BCUT2D eigenvalue weighted by molar-refractivity contribution is 6.09. The average molecular weight is 430 g/mol. The van der Waals surface area contributed by atoms with Crippen LogP contribution in [0.25, 0.3) is 16.7 Å². The molecule has 0 unspecified atom stereocenters. The molecule has 3 heterocycles. The molecular formula is C25H27N5O2. The SMILES string of the molecule is Cc1c(C(=O)CN2CCCCC2)c2ncc(CCC(N)=O)cc2n1-c1ccc(C#N)cc1. The Kier molecular flexibility index (Phi) is 6.33. The Labute approximate surface area is 187 Å². The number of likely N-dealkylation sites (tertiary alicyclic amines) is 1. The maximum absolute atomic E-state index is 13.4. The number of nitriles is 1. The third kappa shape index (κ3) is 4.41. The predicted octanol–water partition coefficient (Wildman–Crippen LogP) is 3.29. The van der Waals surface area contributed by atoms with Gasteiger partial charge in [0.15, 0.2) is 5.78 Å². The highest BCUT2D eigenvalue weighted by Crippen LogP contribution is 2.30. The third-order valence-corrected chi connectivity index (χ3v) is 6.11. The second kappa shape index (κ2) is 9.33. The first kappa shape index (κ1) is 21.7. The maximum Gasteiger partial charge on any atom is 0.217 e. The Bertz CT molecular complexity index is 1200. The highest BCUT2D eigenvalue weighted by atomic mass is 16.1.